The second kappa shape index (κ2) is 8.41. The van der Waals surface area contributed by atoms with Gasteiger partial charge in [0.25, 0.3) is 0 Å². The molecule has 2 heterocycles. The number of halogens is 2. The van der Waals surface area contributed by atoms with Gasteiger partial charge in [0.15, 0.2) is 0 Å². The fraction of sp³-hybridized carbons (Fsp3) is 0.235. The summed E-state index contributed by atoms with van der Waals surface area (Å²) in [5, 5.41) is 22.5. The Kier molecular flexibility index (Phi) is 5.96. The largest absolute Gasteiger partial charge is 0.323 e. The lowest BCUT2D eigenvalue weighted by Gasteiger charge is -2.10. The molecule has 1 N–H and O–H groups in total. The Bertz CT molecular complexity index is 1020. The van der Waals surface area contributed by atoms with E-state index in [1.165, 1.54) is 10.9 Å². The first-order chi connectivity index (χ1) is 13.3. The van der Waals surface area contributed by atoms with E-state index < -0.39 is 10.8 Å². The molecular weight excluding hydrogens is 407 g/mol. The van der Waals surface area contributed by atoms with Gasteiger partial charge in [-0.05, 0) is 17.7 Å². The molecule has 0 fully saturated rings. The number of benzene rings is 1. The Morgan fingerprint density at radius 3 is 2.64 bits per heavy atom. The highest BCUT2D eigenvalue weighted by Crippen LogP contribution is 2.23. The zero-order chi connectivity index (χ0) is 20.3. The van der Waals surface area contributed by atoms with E-state index in [9.17, 15) is 14.9 Å². The van der Waals surface area contributed by atoms with Crippen LogP contribution in [0.25, 0.3) is 0 Å². The van der Waals surface area contributed by atoms with Gasteiger partial charge in [-0.15, -0.1) is 0 Å². The standard InChI is InChI=1S/C17H16Cl2N6O3/c1-11(7-23-10-14(6-21-23)25(27)28)17(26)22-13-5-20-24(9-13)8-12-2-3-15(18)16(19)4-12/h2-6,9-11H,7-8H2,1H3,(H,22,26). The van der Waals surface area contributed by atoms with Crippen LogP contribution in [0.5, 0.6) is 0 Å². The third kappa shape index (κ3) is 4.87. The van der Waals surface area contributed by atoms with Crippen LogP contribution < -0.4 is 5.32 Å². The first-order valence-corrected chi connectivity index (χ1v) is 9.01. The van der Waals surface area contributed by atoms with Crippen LogP contribution in [-0.4, -0.2) is 30.4 Å². The molecule has 2 aromatic heterocycles. The van der Waals surface area contributed by atoms with E-state index in [4.69, 9.17) is 23.2 Å². The summed E-state index contributed by atoms with van der Waals surface area (Å²) in [5.74, 6) is -0.690. The van der Waals surface area contributed by atoms with Crippen molar-refractivity contribution < 1.29 is 9.72 Å². The third-order valence-corrected chi connectivity index (χ3v) is 4.71. The molecule has 0 saturated carbocycles. The fourth-order valence-electron chi connectivity index (χ4n) is 2.52. The monoisotopic (exact) mass is 422 g/mol. The molecule has 3 aromatic rings. The molecule has 1 amide bonds. The Labute approximate surface area is 170 Å². The van der Waals surface area contributed by atoms with Gasteiger partial charge in [-0.3, -0.25) is 24.3 Å². The summed E-state index contributed by atoms with van der Waals surface area (Å²) in [6.45, 7) is 2.40. The van der Waals surface area contributed by atoms with Gasteiger partial charge in [-0.25, -0.2) is 0 Å². The summed E-state index contributed by atoms with van der Waals surface area (Å²) in [5.41, 5.74) is 1.35. The summed E-state index contributed by atoms with van der Waals surface area (Å²) in [6, 6.07) is 5.32. The second-order valence-corrected chi connectivity index (χ2v) is 7.06. The van der Waals surface area contributed by atoms with Gasteiger partial charge in [0.1, 0.15) is 12.4 Å². The van der Waals surface area contributed by atoms with Crippen LogP contribution in [0.3, 0.4) is 0 Å². The van der Waals surface area contributed by atoms with Crippen LogP contribution in [0.4, 0.5) is 11.4 Å². The summed E-state index contributed by atoms with van der Waals surface area (Å²) >= 11 is 11.9. The average molecular weight is 423 g/mol. The van der Waals surface area contributed by atoms with Crippen molar-refractivity contribution in [3.63, 3.8) is 0 Å². The molecule has 0 aliphatic heterocycles. The number of aromatic nitrogens is 4. The molecule has 1 unspecified atom stereocenters. The van der Waals surface area contributed by atoms with Crippen LogP contribution in [0.2, 0.25) is 10.0 Å². The lowest BCUT2D eigenvalue weighted by atomic mass is 10.1. The SMILES string of the molecule is CC(Cn1cc([N+](=O)[O-])cn1)C(=O)Nc1cnn(Cc2ccc(Cl)c(Cl)c2)c1. The lowest BCUT2D eigenvalue weighted by Crippen LogP contribution is -2.24. The average Bonchev–Trinajstić information content (AvgIpc) is 3.28. The minimum Gasteiger partial charge on any atom is -0.323 e. The van der Waals surface area contributed by atoms with Crippen molar-refractivity contribution in [2.75, 3.05) is 5.32 Å². The van der Waals surface area contributed by atoms with Crippen molar-refractivity contribution in [3.8, 4) is 0 Å². The number of hydrogen-bond donors (Lipinski definition) is 1. The van der Waals surface area contributed by atoms with E-state index in [1.54, 1.807) is 36.1 Å². The minimum absolute atomic E-state index is 0.115. The second-order valence-electron chi connectivity index (χ2n) is 6.24. The summed E-state index contributed by atoms with van der Waals surface area (Å²) < 4.78 is 3.03. The molecule has 146 valence electrons. The number of rotatable bonds is 7. The van der Waals surface area contributed by atoms with Crippen molar-refractivity contribution in [2.45, 2.75) is 20.0 Å². The van der Waals surface area contributed by atoms with Crippen molar-refractivity contribution in [2.24, 2.45) is 5.92 Å². The fourth-order valence-corrected chi connectivity index (χ4v) is 2.84. The Balaban J connectivity index is 1.58. The number of nitro groups is 1. The topological polar surface area (TPSA) is 108 Å². The molecule has 28 heavy (non-hydrogen) atoms. The number of carbonyl (C=O) groups is 1. The van der Waals surface area contributed by atoms with Crippen LogP contribution >= 0.6 is 23.2 Å². The van der Waals surface area contributed by atoms with Crippen LogP contribution in [0, 0.1) is 16.0 Å². The maximum Gasteiger partial charge on any atom is 0.306 e. The molecule has 0 aliphatic rings. The molecule has 0 spiro atoms. The van der Waals surface area contributed by atoms with Crippen molar-refractivity contribution in [1.82, 2.24) is 19.6 Å². The molecule has 0 saturated heterocycles. The lowest BCUT2D eigenvalue weighted by molar-refractivity contribution is -0.385. The minimum atomic E-state index is -0.531. The molecule has 0 aliphatic carbocycles. The van der Waals surface area contributed by atoms with Gasteiger partial charge >= 0.3 is 5.69 Å². The normalized spacial score (nSPS) is 12.0. The van der Waals surface area contributed by atoms with E-state index in [0.717, 1.165) is 11.8 Å². The number of nitrogens with one attached hydrogen (secondary N) is 1. The molecule has 0 bridgehead atoms. The van der Waals surface area contributed by atoms with Gasteiger partial charge in [-0.2, -0.15) is 10.2 Å². The molecule has 9 nitrogen and oxygen atoms in total. The van der Waals surface area contributed by atoms with Crippen LogP contribution in [0.1, 0.15) is 12.5 Å². The zero-order valence-electron chi connectivity index (χ0n) is 14.7. The van der Waals surface area contributed by atoms with E-state index >= 15 is 0 Å². The van der Waals surface area contributed by atoms with Gasteiger partial charge in [-0.1, -0.05) is 36.2 Å². The van der Waals surface area contributed by atoms with Crippen molar-refractivity contribution >= 4 is 40.5 Å². The predicted molar refractivity (Wildman–Crippen MR) is 104 cm³/mol. The van der Waals surface area contributed by atoms with Gasteiger partial charge in [0.2, 0.25) is 5.91 Å². The van der Waals surface area contributed by atoms with Gasteiger partial charge in [0.05, 0.1) is 45.9 Å². The van der Waals surface area contributed by atoms with Crippen molar-refractivity contribution in [1.29, 1.82) is 0 Å². The molecule has 1 atom stereocenters. The molecule has 3 rings (SSSR count). The van der Waals surface area contributed by atoms with E-state index in [1.807, 2.05) is 6.07 Å². The van der Waals surface area contributed by atoms with Crippen LogP contribution in [0.15, 0.2) is 43.0 Å². The van der Waals surface area contributed by atoms with E-state index in [2.05, 4.69) is 15.5 Å². The smallest absolute Gasteiger partial charge is 0.306 e. The molecule has 0 radical (unpaired) electrons. The van der Waals surface area contributed by atoms with E-state index in [-0.39, 0.29) is 18.1 Å². The zero-order valence-corrected chi connectivity index (χ0v) is 16.3. The highest BCUT2D eigenvalue weighted by Gasteiger charge is 2.17. The summed E-state index contributed by atoms with van der Waals surface area (Å²) in [6.07, 6.45) is 5.68. The van der Waals surface area contributed by atoms with Crippen molar-refractivity contribution in [3.05, 3.63) is 68.7 Å². The first kappa shape index (κ1) is 19.8. The maximum absolute atomic E-state index is 12.4. The van der Waals surface area contributed by atoms with Crippen LogP contribution in [-0.2, 0) is 17.9 Å². The van der Waals surface area contributed by atoms with E-state index in [0.29, 0.717) is 22.3 Å². The van der Waals surface area contributed by atoms with Gasteiger partial charge in [0, 0.05) is 6.20 Å². The Hall–Kier alpha value is -2.91. The molecular formula is C17H16Cl2N6O3. The number of amides is 1. The number of carbonyl (C=O) groups excluding carboxylic acids is 1. The molecule has 11 heteroatoms. The number of nitrogens with zero attached hydrogens (tertiary/aromatic N) is 5. The quantitative estimate of drug-likeness (QED) is 0.461. The Morgan fingerprint density at radius 1 is 1.21 bits per heavy atom. The summed E-state index contributed by atoms with van der Waals surface area (Å²) in [4.78, 5) is 22.5. The number of anilines is 1. The summed E-state index contributed by atoms with van der Waals surface area (Å²) in [7, 11) is 0. The number of hydrogen-bond acceptors (Lipinski definition) is 5. The maximum atomic E-state index is 12.4. The Morgan fingerprint density at radius 2 is 1.96 bits per heavy atom. The highest BCUT2D eigenvalue weighted by molar-refractivity contribution is 6.42. The third-order valence-electron chi connectivity index (χ3n) is 3.97. The highest BCUT2D eigenvalue weighted by atomic mass is 35.5. The first-order valence-electron chi connectivity index (χ1n) is 8.26. The predicted octanol–water partition coefficient (Wildman–Crippen LogP) is 3.62. The van der Waals surface area contributed by atoms with Gasteiger partial charge < -0.3 is 5.32 Å². The molecule has 1 aromatic carbocycles.